The van der Waals surface area contributed by atoms with E-state index in [1.807, 2.05) is 48.3 Å². The second-order valence-electron chi connectivity index (χ2n) is 3.42. The van der Waals surface area contributed by atoms with Gasteiger partial charge in [-0.3, -0.25) is 5.01 Å². The second kappa shape index (κ2) is 3.97. The molecule has 3 heteroatoms. The van der Waals surface area contributed by atoms with Crippen molar-refractivity contribution in [3.63, 3.8) is 0 Å². The molecule has 0 aromatic heterocycles. The minimum absolute atomic E-state index is 0.553. The molecule has 1 heterocycles. The Morgan fingerprint density at radius 2 is 2.07 bits per heavy atom. The number of anilines is 1. The van der Waals surface area contributed by atoms with Gasteiger partial charge in [0.25, 0.3) is 0 Å². The largest absolute Gasteiger partial charge is 0.260 e. The lowest BCUT2D eigenvalue weighted by atomic mass is 10.2. The third-order valence-electron chi connectivity index (χ3n) is 2.18. The molecular weight excluding hydrogens is 186 g/mol. The number of hydrogen-bond acceptors (Lipinski definition) is 3. The van der Waals surface area contributed by atoms with Gasteiger partial charge in [0.15, 0.2) is 0 Å². The van der Waals surface area contributed by atoms with Crippen molar-refractivity contribution in [2.75, 3.05) is 11.6 Å². The summed E-state index contributed by atoms with van der Waals surface area (Å²) in [6.45, 7) is 2.45. The van der Waals surface area contributed by atoms with Gasteiger partial charge in [0, 0.05) is 0 Å². The molecule has 1 aromatic carbocycles. The van der Waals surface area contributed by atoms with Gasteiger partial charge in [0.05, 0.1) is 29.6 Å². The van der Waals surface area contributed by atoms with Gasteiger partial charge in [0.1, 0.15) is 0 Å². The fourth-order valence-electron chi connectivity index (χ4n) is 1.53. The summed E-state index contributed by atoms with van der Waals surface area (Å²) < 4.78 is 0. The van der Waals surface area contributed by atoms with Crippen molar-refractivity contribution < 1.29 is 0 Å². The van der Waals surface area contributed by atoms with Crippen molar-refractivity contribution in [1.29, 1.82) is 5.26 Å². The first-order chi connectivity index (χ1) is 7.29. The van der Waals surface area contributed by atoms with Crippen molar-refractivity contribution in [3.8, 4) is 6.07 Å². The van der Waals surface area contributed by atoms with Crippen LogP contribution in [0.5, 0.6) is 0 Å². The maximum Gasteiger partial charge on any atom is 0.0967 e. The summed E-state index contributed by atoms with van der Waals surface area (Å²) in [7, 11) is 0. The van der Waals surface area contributed by atoms with Crippen molar-refractivity contribution in [3.05, 3.63) is 42.0 Å². The SMILES string of the molecule is CC1=NN(c2ccccc2)CC(C#N)=C1. The summed E-state index contributed by atoms with van der Waals surface area (Å²) in [6.07, 6.45) is 1.82. The van der Waals surface area contributed by atoms with Crippen LogP contribution in [0.15, 0.2) is 47.1 Å². The minimum atomic E-state index is 0.553. The zero-order chi connectivity index (χ0) is 10.7. The molecule has 15 heavy (non-hydrogen) atoms. The monoisotopic (exact) mass is 197 g/mol. The Hall–Kier alpha value is -2.08. The third kappa shape index (κ3) is 2.05. The van der Waals surface area contributed by atoms with Gasteiger partial charge < -0.3 is 0 Å². The van der Waals surface area contributed by atoms with Crippen molar-refractivity contribution >= 4 is 11.4 Å². The summed E-state index contributed by atoms with van der Waals surface area (Å²) in [6, 6.07) is 12.0. The molecule has 0 amide bonds. The number of nitrogens with zero attached hydrogens (tertiary/aromatic N) is 3. The number of hydrogen-bond donors (Lipinski definition) is 0. The van der Waals surface area contributed by atoms with Crippen molar-refractivity contribution in [2.45, 2.75) is 6.92 Å². The second-order valence-corrected chi connectivity index (χ2v) is 3.42. The highest BCUT2D eigenvalue weighted by atomic mass is 15.5. The first-order valence-electron chi connectivity index (χ1n) is 4.78. The van der Waals surface area contributed by atoms with E-state index in [9.17, 15) is 0 Å². The molecule has 1 aliphatic rings. The van der Waals surface area contributed by atoms with Gasteiger partial charge >= 0.3 is 0 Å². The lowest BCUT2D eigenvalue weighted by Gasteiger charge is -2.22. The van der Waals surface area contributed by atoms with Crippen molar-refractivity contribution in [1.82, 2.24) is 0 Å². The molecule has 0 fully saturated rings. The van der Waals surface area contributed by atoms with Crippen LogP contribution in [0.4, 0.5) is 5.69 Å². The van der Waals surface area contributed by atoms with Crippen LogP contribution in [-0.2, 0) is 0 Å². The number of rotatable bonds is 1. The van der Waals surface area contributed by atoms with Crippen LogP contribution >= 0.6 is 0 Å². The summed E-state index contributed by atoms with van der Waals surface area (Å²) >= 11 is 0. The van der Waals surface area contributed by atoms with Crippen LogP contribution in [0.25, 0.3) is 0 Å². The number of para-hydroxylation sites is 1. The first-order valence-corrected chi connectivity index (χ1v) is 4.78. The molecule has 0 spiro atoms. The van der Waals surface area contributed by atoms with E-state index in [0.29, 0.717) is 6.54 Å². The van der Waals surface area contributed by atoms with E-state index in [-0.39, 0.29) is 0 Å². The quantitative estimate of drug-likeness (QED) is 0.693. The van der Waals surface area contributed by atoms with Gasteiger partial charge in [-0.15, -0.1) is 0 Å². The molecule has 0 N–H and O–H groups in total. The van der Waals surface area contributed by atoms with Crippen LogP contribution in [0.3, 0.4) is 0 Å². The molecule has 0 saturated heterocycles. The molecule has 2 rings (SSSR count). The molecule has 1 aliphatic heterocycles. The topological polar surface area (TPSA) is 39.4 Å². The maximum atomic E-state index is 8.87. The van der Waals surface area contributed by atoms with Gasteiger partial charge in [0.2, 0.25) is 0 Å². The third-order valence-corrected chi connectivity index (χ3v) is 2.18. The molecule has 3 nitrogen and oxygen atoms in total. The Labute approximate surface area is 88.9 Å². The molecule has 0 saturated carbocycles. The van der Waals surface area contributed by atoms with E-state index in [0.717, 1.165) is 17.0 Å². The average Bonchev–Trinajstić information content (AvgIpc) is 2.29. The lowest BCUT2D eigenvalue weighted by molar-refractivity contribution is 0.909. The summed E-state index contributed by atoms with van der Waals surface area (Å²) in [5.74, 6) is 0. The van der Waals surface area contributed by atoms with Crippen LogP contribution in [0.2, 0.25) is 0 Å². The molecule has 1 aromatic rings. The highest BCUT2D eigenvalue weighted by Gasteiger charge is 2.12. The highest BCUT2D eigenvalue weighted by molar-refractivity contribution is 5.95. The molecule has 0 atom stereocenters. The average molecular weight is 197 g/mol. The Balaban J connectivity index is 2.29. The van der Waals surface area contributed by atoms with Crippen LogP contribution in [0, 0.1) is 11.3 Å². The predicted molar refractivity (Wildman–Crippen MR) is 60.6 cm³/mol. The van der Waals surface area contributed by atoms with E-state index in [4.69, 9.17) is 5.26 Å². The van der Waals surface area contributed by atoms with Crippen molar-refractivity contribution in [2.24, 2.45) is 5.10 Å². The molecular formula is C12H11N3. The predicted octanol–water partition coefficient (Wildman–Crippen LogP) is 2.33. The number of hydrazone groups is 1. The molecule has 0 aliphatic carbocycles. The highest BCUT2D eigenvalue weighted by Crippen LogP contribution is 2.18. The zero-order valence-corrected chi connectivity index (χ0v) is 8.51. The van der Waals surface area contributed by atoms with E-state index < -0.39 is 0 Å². The normalized spacial score (nSPS) is 15.3. The van der Waals surface area contributed by atoms with Crippen LogP contribution in [-0.4, -0.2) is 12.3 Å². The smallest absolute Gasteiger partial charge is 0.0967 e. The Morgan fingerprint density at radius 1 is 1.33 bits per heavy atom. The Morgan fingerprint density at radius 3 is 2.73 bits per heavy atom. The van der Waals surface area contributed by atoms with Gasteiger partial charge in [-0.05, 0) is 25.1 Å². The van der Waals surface area contributed by atoms with Gasteiger partial charge in [-0.2, -0.15) is 10.4 Å². The zero-order valence-electron chi connectivity index (χ0n) is 8.51. The Kier molecular flexibility index (Phi) is 2.51. The fourth-order valence-corrected chi connectivity index (χ4v) is 1.53. The van der Waals surface area contributed by atoms with E-state index in [2.05, 4.69) is 11.2 Å². The van der Waals surface area contributed by atoms with E-state index >= 15 is 0 Å². The minimum Gasteiger partial charge on any atom is -0.260 e. The number of benzene rings is 1. The molecule has 0 unspecified atom stereocenters. The maximum absolute atomic E-state index is 8.87. The summed E-state index contributed by atoms with van der Waals surface area (Å²) in [4.78, 5) is 0. The van der Waals surface area contributed by atoms with Gasteiger partial charge in [-0.25, -0.2) is 0 Å². The van der Waals surface area contributed by atoms with Crippen LogP contribution < -0.4 is 5.01 Å². The first kappa shape index (κ1) is 9.47. The van der Waals surface area contributed by atoms with Gasteiger partial charge in [-0.1, -0.05) is 18.2 Å². The number of nitriles is 1. The molecule has 74 valence electrons. The standard InChI is InChI=1S/C12H11N3/c1-10-7-11(8-13)9-15(14-10)12-5-3-2-4-6-12/h2-7H,9H2,1H3. The van der Waals surface area contributed by atoms with E-state index in [1.54, 1.807) is 0 Å². The Bertz CT molecular complexity index is 452. The molecule has 0 bridgehead atoms. The summed E-state index contributed by atoms with van der Waals surface area (Å²) in [5.41, 5.74) is 2.62. The summed E-state index contributed by atoms with van der Waals surface area (Å²) in [5, 5.41) is 15.1. The molecule has 0 radical (unpaired) electrons. The number of allylic oxidation sites excluding steroid dienone is 1. The lowest BCUT2D eigenvalue weighted by Crippen LogP contribution is -2.24. The van der Waals surface area contributed by atoms with E-state index in [1.165, 1.54) is 0 Å². The fraction of sp³-hybridized carbons (Fsp3) is 0.167. The van der Waals surface area contributed by atoms with Crippen LogP contribution in [0.1, 0.15) is 6.92 Å².